The van der Waals surface area contributed by atoms with Gasteiger partial charge in [-0.15, -0.1) is 0 Å². The van der Waals surface area contributed by atoms with Crippen LogP contribution in [0.2, 0.25) is 0 Å². The number of anilines is 1. The zero-order chi connectivity index (χ0) is 13.8. The number of pyridine rings is 1. The molecule has 2 aromatic rings. The van der Waals surface area contributed by atoms with Crippen LogP contribution in [0.4, 0.5) is 5.82 Å². The van der Waals surface area contributed by atoms with Gasteiger partial charge in [-0.1, -0.05) is 13.0 Å². The van der Waals surface area contributed by atoms with Gasteiger partial charge in [0.2, 0.25) is 0 Å². The van der Waals surface area contributed by atoms with Gasteiger partial charge in [-0.2, -0.15) is 0 Å². The zero-order valence-corrected chi connectivity index (χ0v) is 12.1. The quantitative estimate of drug-likeness (QED) is 0.908. The molecule has 1 aliphatic rings. The number of hydrogen-bond acceptors (Lipinski definition) is 3. The van der Waals surface area contributed by atoms with Crippen LogP contribution in [0.5, 0.6) is 0 Å². The van der Waals surface area contributed by atoms with Crippen molar-refractivity contribution in [3.05, 3.63) is 41.6 Å². The van der Waals surface area contributed by atoms with Crippen LogP contribution in [0, 0.1) is 0 Å². The molecule has 2 aromatic heterocycles. The first-order chi connectivity index (χ1) is 9.86. The number of nitrogens with one attached hydrogen (secondary N) is 1. The third-order valence-electron chi connectivity index (χ3n) is 3.81. The van der Waals surface area contributed by atoms with Gasteiger partial charge in [0.05, 0.1) is 24.3 Å². The lowest BCUT2D eigenvalue weighted by Gasteiger charge is -2.14. The van der Waals surface area contributed by atoms with E-state index in [0.29, 0.717) is 0 Å². The summed E-state index contributed by atoms with van der Waals surface area (Å²) >= 11 is 0. The third kappa shape index (κ3) is 2.84. The monoisotopic (exact) mass is 270 g/mol. The maximum Gasteiger partial charge on any atom is 0.126 e. The molecule has 20 heavy (non-hydrogen) atoms. The lowest BCUT2D eigenvalue weighted by Crippen LogP contribution is -2.10. The Labute approximate surface area is 120 Å². The summed E-state index contributed by atoms with van der Waals surface area (Å²) in [6.45, 7) is 3.95. The van der Waals surface area contributed by atoms with Gasteiger partial charge < -0.3 is 9.88 Å². The van der Waals surface area contributed by atoms with Crippen LogP contribution in [0.1, 0.15) is 43.3 Å². The molecule has 106 valence electrons. The minimum atomic E-state index is 0.823. The lowest BCUT2D eigenvalue weighted by molar-refractivity contribution is 0.625. The molecule has 0 spiro atoms. The smallest absolute Gasteiger partial charge is 0.126 e. The summed E-state index contributed by atoms with van der Waals surface area (Å²) in [5, 5.41) is 3.34. The molecule has 0 bridgehead atoms. The average Bonchev–Trinajstić information content (AvgIpc) is 2.89. The molecule has 1 N–H and O–H groups in total. The van der Waals surface area contributed by atoms with Crippen LogP contribution >= 0.6 is 0 Å². The predicted octanol–water partition coefficient (Wildman–Crippen LogP) is 3.03. The Bertz CT molecular complexity index is 574. The van der Waals surface area contributed by atoms with E-state index in [4.69, 9.17) is 0 Å². The number of fused-ring (bicyclic) bond motifs is 1. The standard InChI is InChI=1S/C16H22N4/c1-2-10-17-16-9-5-6-13(19-16)11-20-12-18-14-7-3-4-8-15(14)20/h5-6,9,12H,2-4,7-8,10-11H2,1H3,(H,17,19). The summed E-state index contributed by atoms with van der Waals surface area (Å²) in [6, 6.07) is 6.19. The molecule has 0 saturated carbocycles. The molecule has 0 atom stereocenters. The summed E-state index contributed by atoms with van der Waals surface area (Å²) in [5.41, 5.74) is 3.79. The summed E-state index contributed by atoms with van der Waals surface area (Å²) in [5.74, 6) is 0.971. The Morgan fingerprint density at radius 2 is 2.15 bits per heavy atom. The highest BCUT2D eigenvalue weighted by molar-refractivity contribution is 5.35. The Kier molecular flexibility index (Phi) is 4.00. The van der Waals surface area contributed by atoms with Crippen LogP contribution < -0.4 is 5.32 Å². The first-order valence-electron chi connectivity index (χ1n) is 7.59. The fourth-order valence-electron chi connectivity index (χ4n) is 2.76. The van der Waals surface area contributed by atoms with Crippen LogP contribution in [-0.2, 0) is 19.4 Å². The number of aryl methyl sites for hydroxylation is 1. The van der Waals surface area contributed by atoms with Crippen molar-refractivity contribution in [1.29, 1.82) is 0 Å². The number of hydrogen-bond donors (Lipinski definition) is 1. The SMILES string of the molecule is CCCNc1cccc(Cn2cnc3c2CCCC3)n1. The van der Waals surface area contributed by atoms with Crippen molar-refractivity contribution in [1.82, 2.24) is 14.5 Å². The number of nitrogens with zero attached hydrogens (tertiary/aromatic N) is 3. The zero-order valence-electron chi connectivity index (χ0n) is 12.1. The summed E-state index contributed by atoms with van der Waals surface area (Å²) in [4.78, 5) is 9.22. The summed E-state index contributed by atoms with van der Waals surface area (Å²) in [7, 11) is 0. The highest BCUT2D eigenvalue weighted by Crippen LogP contribution is 2.20. The second kappa shape index (κ2) is 6.07. The molecule has 0 aliphatic heterocycles. The van der Waals surface area contributed by atoms with Gasteiger partial charge in [-0.05, 0) is 44.2 Å². The van der Waals surface area contributed by atoms with E-state index in [1.807, 2.05) is 12.4 Å². The second-order valence-corrected chi connectivity index (χ2v) is 5.41. The van der Waals surface area contributed by atoms with E-state index >= 15 is 0 Å². The molecule has 2 heterocycles. The molecule has 1 aliphatic carbocycles. The van der Waals surface area contributed by atoms with Gasteiger partial charge in [0.25, 0.3) is 0 Å². The van der Waals surface area contributed by atoms with Gasteiger partial charge in [-0.25, -0.2) is 9.97 Å². The molecule has 4 nitrogen and oxygen atoms in total. The van der Waals surface area contributed by atoms with Gasteiger partial charge in [0.1, 0.15) is 5.82 Å². The van der Waals surface area contributed by atoms with E-state index in [2.05, 4.69) is 38.9 Å². The van der Waals surface area contributed by atoms with E-state index in [9.17, 15) is 0 Å². The van der Waals surface area contributed by atoms with Crippen LogP contribution in [0.25, 0.3) is 0 Å². The van der Waals surface area contributed by atoms with E-state index in [-0.39, 0.29) is 0 Å². The van der Waals surface area contributed by atoms with Crippen LogP contribution in [0.15, 0.2) is 24.5 Å². The van der Waals surface area contributed by atoms with Crippen molar-refractivity contribution >= 4 is 5.82 Å². The molecule has 3 rings (SSSR count). The summed E-state index contributed by atoms with van der Waals surface area (Å²) < 4.78 is 2.26. The molecule has 0 saturated heterocycles. The minimum absolute atomic E-state index is 0.823. The molecule has 0 aromatic carbocycles. The van der Waals surface area contributed by atoms with Crippen molar-refractivity contribution in [2.45, 2.75) is 45.6 Å². The maximum atomic E-state index is 4.67. The maximum absolute atomic E-state index is 4.67. The van der Waals surface area contributed by atoms with Crippen molar-refractivity contribution < 1.29 is 0 Å². The normalized spacial score (nSPS) is 14.1. The largest absolute Gasteiger partial charge is 0.370 e. The highest BCUT2D eigenvalue weighted by atomic mass is 15.1. The van der Waals surface area contributed by atoms with Crippen molar-refractivity contribution in [2.75, 3.05) is 11.9 Å². The fourth-order valence-corrected chi connectivity index (χ4v) is 2.76. The van der Waals surface area contributed by atoms with Gasteiger partial charge in [-0.3, -0.25) is 0 Å². The molecule has 0 radical (unpaired) electrons. The Hall–Kier alpha value is -1.84. The molecule has 0 amide bonds. The molecular weight excluding hydrogens is 248 g/mol. The first-order valence-corrected chi connectivity index (χ1v) is 7.59. The minimum Gasteiger partial charge on any atom is -0.370 e. The highest BCUT2D eigenvalue weighted by Gasteiger charge is 2.15. The number of imidazole rings is 1. The average molecular weight is 270 g/mol. The van der Waals surface area contributed by atoms with Crippen molar-refractivity contribution in [2.24, 2.45) is 0 Å². The molecule has 0 unspecified atom stereocenters. The lowest BCUT2D eigenvalue weighted by atomic mass is 10.0. The van der Waals surface area contributed by atoms with E-state index in [0.717, 1.165) is 43.9 Å². The predicted molar refractivity (Wildman–Crippen MR) is 81.0 cm³/mol. The Balaban J connectivity index is 1.75. The third-order valence-corrected chi connectivity index (χ3v) is 3.81. The van der Waals surface area contributed by atoms with Gasteiger partial charge in [0.15, 0.2) is 0 Å². The molecule has 0 fully saturated rings. The Morgan fingerprint density at radius 3 is 3.05 bits per heavy atom. The fraction of sp³-hybridized carbons (Fsp3) is 0.500. The van der Waals surface area contributed by atoms with Crippen molar-refractivity contribution in [3.63, 3.8) is 0 Å². The number of aromatic nitrogens is 3. The Morgan fingerprint density at radius 1 is 1.25 bits per heavy atom. The van der Waals surface area contributed by atoms with Gasteiger partial charge >= 0.3 is 0 Å². The van der Waals surface area contributed by atoms with Crippen LogP contribution in [0.3, 0.4) is 0 Å². The molecule has 4 heteroatoms. The summed E-state index contributed by atoms with van der Waals surface area (Å²) in [6.07, 6.45) is 7.94. The van der Waals surface area contributed by atoms with Gasteiger partial charge in [0, 0.05) is 12.2 Å². The van der Waals surface area contributed by atoms with E-state index in [1.54, 1.807) is 0 Å². The molecular formula is C16H22N4. The first kappa shape index (κ1) is 13.2. The van der Waals surface area contributed by atoms with E-state index < -0.39 is 0 Å². The van der Waals surface area contributed by atoms with Crippen LogP contribution in [-0.4, -0.2) is 21.1 Å². The number of rotatable bonds is 5. The topological polar surface area (TPSA) is 42.7 Å². The van der Waals surface area contributed by atoms with Crippen molar-refractivity contribution in [3.8, 4) is 0 Å². The second-order valence-electron chi connectivity index (χ2n) is 5.41. The van der Waals surface area contributed by atoms with E-state index in [1.165, 1.54) is 24.2 Å².